The number of likely N-dealkylation sites (tertiary alicyclic amines) is 1. The Morgan fingerprint density at radius 1 is 1.24 bits per heavy atom. The van der Waals surface area contributed by atoms with E-state index in [9.17, 15) is 33.0 Å². The molecule has 0 spiro atoms. The molecule has 2 heterocycles. The van der Waals surface area contributed by atoms with Crippen LogP contribution in [0.15, 0.2) is 30.5 Å². The minimum Gasteiger partial charge on any atom is -0.391 e. The van der Waals surface area contributed by atoms with E-state index in [1.54, 1.807) is 20.8 Å². The highest BCUT2D eigenvalue weighted by Crippen LogP contribution is 2.35. The molecule has 3 N–H and O–H groups in total. The van der Waals surface area contributed by atoms with Gasteiger partial charge in [-0.1, -0.05) is 38.1 Å². The van der Waals surface area contributed by atoms with Crippen molar-refractivity contribution in [3.05, 3.63) is 47.3 Å². The number of carbonyl (C=O) groups is 2. The predicted octanol–water partition coefficient (Wildman–Crippen LogP) is 1.67. The first-order chi connectivity index (χ1) is 15.7. The fraction of sp³-hybridized carbons (Fsp3) is 0.545. The zero-order valence-electron chi connectivity index (χ0n) is 19.2. The molecule has 0 aliphatic carbocycles. The molecule has 0 bridgehead atoms. The number of amides is 2. The van der Waals surface area contributed by atoms with Crippen LogP contribution in [-0.2, 0) is 15.8 Å². The highest BCUT2D eigenvalue weighted by atomic mass is 19.4. The number of nitrogens with zero attached hydrogens (tertiary/aromatic N) is 4. The summed E-state index contributed by atoms with van der Waals surface area (Å²) in [5.41, 5.74) is -1.69. The van der Waals surface area contributed by atoms with Gasteiger partial charge in [-0.3, -0.25) is 9.59 Å². The number of aliphatic hydroxyl groups excluding tert-OH is 2. The maximum atomic E-state index is 13.5. The van der Waals surface area contributed by atoms with Crippen molar-refractivity contribution < 1.29 is 33.0 Å². The van der Waals surface area contributed by atoms with Gasteiger partial charge >= 0.3 is 6.18 Å². The van der Waals surface area contributed by atoms with Crippen molar-refractivity contribution in [2.24, 2.45) is 5.41 Å². The van der Waals surface area contributed by atoms with Gasteiger partial charge in [-0.15, -0.1) is 5.10 Å². The van der Waals surface area contributed by atoms with E-state index in [2.05, 4.69) is 15.6 Å². The number of likely N-dealkylation sites (N-methyl/N-ethyl adjacent to an activating group) is 1. The summed E-state index contributed by atoms with van der Waals surface area (Å²) in [6, 6.07) is 2.44. The Bertz CT molecular complexity index is 1050. The fourth-order valence-corrected chi connectivity index (χ4v) is 4.11. The van der Waals surface area contributed by atoms with Gasteiger partial charge in [0.2, 0.25) is 11.8 Å². The van der Waals surface area contributed by atoms with Gasteiger partial charge in [-0.25, -0.2) is 4.68 Å². The molecule has 1 fully saturated rings. The molecule has 0 radical (unpaired) electrons. The number of hydrogen-bond acceptors (Lipinski definition) is 6. The third-order valence-electron chi connectivity index (χ3n) is 5.77. The predicted molar refractivity (Wildman–Crippen MR) is 114 cm³/mol. The van der Waals surface area contributed by atoms with E-state index < -0.39 is 53.3 Å². The number of hydrogen-bond donors (Lipinski definition) is 3. The molecule has 34 heavy (non-hydrogen) atoms. The van der Waals surface area contributed by atoms with Crippen LogP contribution in [0.1, 0.15) is 56.2 Å². The van der Waals surface area contributed by atoms with E-state index >= 15 is 0 Å². The summed E-state index contributed by atoms with van der Waals surface area (Å²) in [5, 5.41) is 31.1. The zero-order valence-corrected chi connectivity index (χ0v) is 19.2. The largest absolute Gasteiger partial charge is 0.416 e. The lowest BCUT2D eigenvalue weighted by Crippen LogP contribution is -2.49. The van der Waals surface area contributed by atoms with Crippen LogP contribution in [0.2, 0.25) is 0 Å². The number of aliphatic hydroxyl groups is 2. The summed E-state index contributed by atoms with van der Waals surface area (Å²) < 4.78 is 40.4. The van der Waals surface area contributed by atoms with Gasteiger partial charge in [-0.2, -0.15) is 13.2 Å². The molecule has 2 amide bonds. The number of rotatable bonds is 5. The second kappa shape index (κ2) is 9.34. The molecule has 1 aromatic carbocycles. The van der Waals surface area contributed by atoms with Gasteiger partial charge in [0.15, 0.2) is 0 Å². The van der Waals surface area contributed by atoms with Crippen molar-refractivity contribution >= 4 is 11.8 Å². The van der Waals surface area contributed by atoms with Crippen LogP contribution in [-0.4, -0.2) is 67.7 Å². The number of alkyl halides is 3. The molecule has 2 aromatic rings. The summed E-state index contributed by atoms with van der Waals surface area (Å²) in [6.45, 7) is 5.31. The number of halogens is 3. The summed E-state index contributed by atoms with van der Waals surface area (Å²) in [6.07, 6.45) is -5.53. The molecule has 12 heteroatoms. The second-order valence-electron chi connectivity index (χ2n) is 9.43. The van der Waals surface area contributed by atoms with Gasteiger partial charge in [0.05, 0.1) is 17.9 Å². The van der Waals surface area contributed by atoms with Crippen LogP contribution in [0.5, 0.6) is 0 Å². The van der Waals surface area contributed by atoms with Gasteiger partial charge in [0.1, 0.15) is 23.9 Å². The first kappa shape index (κ1) is 25.6. The Balaban J connectivity index is 1.92. The monoisotopic (exact) mass is 483 g/mol. The smallest absolute Gasteiger partial charge is 0.391 e. The van der Waals surface area contributed by atoms with Crippen molar-refractivity contribution in [1.29, 1.82) is 0 Å². The van der Waals surface area contributed by atoms with Crippen molar-refractivity contribution in [2.75, 3.05) is 13.6 Å². The van der Waals surface area contributed by atoms with Gasteiger partial charge in [0, 0.05) is 20.0 Å². The fourth-order valence-electron chi connectivity index (χ4n) is 4.11. The van der Waals surface area contributed by atoms with Crippen molar-refractivity contribution in [3.8, 4) is 0 Å². The van der Waals surface area contributed by atoms with E-state index in [0.29, 0.717) is 0 Å². The number of β-amino-alcohol motifs (C(OH)–C–C–N with tert-alkyl or cyclic N) is 1. The summed E-state index contributed by atoms with van der Waals surface area (Å²) in [4.78, 5) is 27.1. The average molecular weight is 483 g/mol. The van der Waals surface area contributed by atoms with Crippen molar-refractivity contribution in [1.82, 2.24) is 25.2 Å². The lowest BCUT2D eigenvalue weighted by atomic mass is 9.85. The SMILES string of the molecule is CNC(=O)[C@H]1C[C@H](O)CN1C(=O)[C@@H](n1cc(C(O)c2cccc(C(F)(F)F)c2)nn1)C(C)(C)C. The third kappa shape index (κ3) is 5.22. The number of benzene rings is 1. The maximum absolute atomic E-state index is 13.5. The maximum Gasteiger partial charge on any atom is 0.416 e. The Labute approximate surface area is 194 Å². The van der Waals surface area contributed by atoms with E-state index in [0.717, 1.165) is 12.1 Å². The highest BCUT2D eigenvalue weighted by molar-refractivity contribution is 5.90. The van der Waals surface area contributed by atoms with Crippen LogP contribution in [0, 0.1) is 5.41 Å². The minimum absolute atomic E-state index is 0.0251. The van der Waals surface area contributed by atoms with E-state index in [4.69, 9.17) is 0 Å². The Kier molecular flexibility index (Phi) is 7.04. The second-order valence-corrected chi connectivity index (χ2v) is 9.43. The topological polar surface area (TPSA) is 121 Å². The highest BCUT2D eigenvalue weighted by Gasteiger charge is 2.45. The molecule has 4 atom stereocenters. The molecule has 1 aromatic heterocycles. The number of carbonyl (C=O) groups excluding carboxylic acids is 2. The first-order valence-electron chi connectivity index (χ1n) is 10.7. The first-order valence-corrected chi connectivity index (χ1v) is 10.7. The minimum atomic E-state index is -4.57. The molecule has 9 nitrogen and oxygen atoms in total. The molecule has 1 aliphatic heterocycles. The van der Waals surface area contributed by atoms with Crippen molar-refractivity contribution in [2.45, 2.75) is 57.7 Å². The van der Waals surface area contributed by atoms with Gasteiger partial charge in [0.25, 0.3) is 0 Å². The third-order valence-corrected chi connectivity index (χ3v) is 5.77. The van der Waals surface area contributed by atoms with E-state index in [1.165, 1.54) is 35.0 Å². The summed E-state index contributed by atoms with van der Waals surface area (Å²) in [7, 11) is 1.44. The number of aromatic nitrogens is 3. The Morgan fingerprint density at radius 2 is 1.91 bits per heavy atom. The molecule has 3 rings (SSSR count). The normalized spacial score (nSPS) is 20.8. The molecular formula is C22H28F3N5O4. The molecule has 1 saturated heterocycles. The molecule has 1 unspecified atom stereocenters. The summed E-state index contributed by atoms with van der Waals surface area (Å²) in [5.74, 6) is -0.875. The Hall–Kier alpha value is -2.99. The number of nitrogens with one attached hydrogen (secondary N) is 1. The quantitative estimate of drug-likeness (QED) is 0.595. The van der Waals surface area contributed by atoms with E-state index in [1.807, 2.05) is 0 Å². The van der Waals surface area contributed by atoms with Crippen molar-refractivity contribution in [3.63, 3.8) is 0 Å². The summed E-state index contributed by atoms with van der Waals surface area (Å²) >= 11 is 0. The lowest BCUT2D eigenvalue weighted by molar-refractivity contribution is -0.144. The van der Waals surface area contributed by atoms with Crippen LogP contribution in [0.3, 0.4) is 0 Å². The lowest BCUT2D eigenvalue weighted by Gasteiger charge is -2.34. The molecule has 186 valence electrons. The van der Waals surface area contributed by atoms with Crippen LogP contribution in [0.4, 0.5) is 13.2 Å². The van der Waals surface area contributed by atoms with Gasteiger partial charge in [-0.05, 0) is 23.1 Å². The molecular weight excluding hydrogens is 455 g/mol. The molecule has 0 saturated carbocycles. The standard InChI is InChI=1S/C22H28F3N5O4/c1-21(2,3)18(20(34)29-10-14(31)9-16(29)19(33)26-4)30-11-15(27-28-30)17(32)12-6-5-7-13(8-12)22(23,24)25/h5-8,11,14,16-18,31-32H,9-10H2,1-4H3,(H,26,33)/t14-,16+,17?,18+/m0/s1. The zero-order chi connectivity index (χ0) is 25.4. The van der Waals surface area contributed by atoms with Crippen LogP contribution < -0.4 is 5.32 Å². The Morgan fingerprint density at radius 3 is 2.50 bits per heavy atom. The van der Waals surface area contributed by atoms with Crippen LogP contribution >= 0.6 is 0 Å². The van der Waals surface area contributed by atoms with E-state index in [-0.39, 0.29) is 24.2 Å². The molecule has 1 aliphatic rings. The van der Waals surface area contributed by atoms with Crippen LogP contribution in [0.25, 0.3) is 0 Å². The van der Waals surface area contributed by atoms with Gasteiger partial charge < -0.3 is 20.4 Å². The average Bonchev–Trinajstić information content (AvgIpc) is 3.38.